The summed E-state index contributed by atoms with van der Waals surface area (Å²) in [6.45, 7) is 0. The van der Waals surface area contributed by atoms with Crippen molar-refractivity contribution in [1.82, 2.24) is 9.97 Å². The van der Waals surface area contributed by atoms with Crippen molar-refractivity contribution in [2.24, 2.45) is 0 Å². The number of benzene rings is 4. The minimum Gasteiger partial charge on any atom is -0.504 e. The summed E-state index contributed by atoms with van der Waals surface area (Å²) in [6, 6.07) is 6.16. The number of phenolic OH excluding ortho intramolecular Hbond substituents is 1. The maximum atomic E-state index is 15.0. The molecule has 0 bridgehead atoms. The van der Waals surface area contributed by atoms with Gasteiger partial charge in [0.25, 0.3) is 11.8 Å². The van der Waals surface area contributed by atoms with E-state index in [4.69, 9.17) is 18.1 Å². The Hall–Kier alpha value is -9.33. The number of halogens is 17. The van der Waals surface area contributed by atoms with Crippen LogP contribution in [-0.2, 0) is 21.8 Å². The van der Waals surface area contributed by atoms with E-state index in [0.29, 0.717) is 18.2 Å². The van der Waals surface area contributed by atoms with Crippen molar-refractivity contribution in [2.45, 2.75) is 25.1 Å². The average molecular weight is 1160 g/mol. The van der Waals surface area contributed by atoms with Crippen LogP contribution in [0.5, 0.6) is 40.2 Å². The fraction of sp³-hybridized carbons (Fsp3) is 0.174. The molecule has 0 spiro atoms. The number of nitrogens with one attached hydrogen (secondary N) is 2. The highest BCUT2D eigenvalue weighted by Crippen LogP contribution is 2.43. The van der Waals surface area contributed by atoms with E-state index in [1.165, 1.54) is 6.07 Å². The minimum absolute atomic E-state index is 0.0183. The smallest absolute Gasteiger partial charge is 0.504 e. The van der Waals surface area contributed by atoms with Gasteiger partial charge in [-0.25, -0.2) is 32.7 Å². The number of aromatic hydroxyl groups is 1. The number of methoxy groups -OCH3 is 4. The second kappa shape index (κ2) is 25.2. The standard InChI is InChI=1S/C23H14F8N2O6.C15H9F5N2O3.C8H6F4O3/c1-36-19-15(4-3-14(18(19)25)39-23(29,30)31)38-16-8-10(22(26,27)28)7-12(24)17(16)20(34)33-11-5-6-32-13(9-11)21(35)37-2;1-25-14(24)11-6-8(2-3-21-11)22-13(23)12-9(16)4-7(5-10(12)17)15(18,19)20;1-14-7-4(13)2-3-5(6(7)9)15-8(10,11)12/h3-9H,1-2H3,(H,32,33,34);2-6H,1H3,(H,21,22,23);2-3,13H,1H3/i1D3;;1D3. The molecule has 6 aromatic rings. The van der Waals surface area contributed by atoms with Crippen LogP contribution < -0.4 is 34.3 Å². The van der Waals surface area contributed by atoms with Crippen molar-refractivity contribution >= 4 is 35.1 Å². The number of pyridine rings is 2. The van der Waals surface area contributed by atoms with Gasteiger partial charge >= 0.3 is 37.0 Å². The van der Waals surface area contributed by atoms with Crippen LogP contribution in [-0.4, -0.2) is 79.8 Å². The van der Waals surface area contributed by atoms with Crippen LogP contribution in [0.25, 0.3) is 0 Å². The van der Waals surface area contributed by atoms with Crippen molar-refractivity contribution in [3.8, 4) is 40.2 Å². The second-order valence-corrected chi connectivity index (χ2v) is 14.2. The van der Waals surface area contributed by atoms with Gasteiger partial charge in [-0.15, -0.1) is 26.3 Å². The maximum Gasteiger partial charge on any atom is 0.573 e. The molecule has 0 atom stereocenters. The molecule has 424 valence electrons. The number of carbonyl (C=O) groups is 4. The van der Waals surface area contributed by atoms with Crippen LogP contribution in [0.2, 0.25) is 0 Å². The first-order valence-electron chi connectivity index (χ1n) is 23.0. The zero-order valence-corrected chi connectivity index (χ0v) is 38.3. The number of hydrogen-bond donors (Lipinski definition) is 3. The van der Waals surface area contributed by atoms with Crippen LogP contribution in [0.3, 0.4) is 0 Å². The van der Waals surface area contributed by atoms with Gasteiger partial charge in [-0.2, -0.15) is 35.1 Å². The number of carbonyl (C=O) groups excluding carboxylic acids is 4. The monoisotopic (exact) mass is 1160 g/mol. The Kier molecular flexibility index (Phi) is 16.9. The van der Waals surface area contributed by atoms with E-state index in [9.17, 15) is 93.8 Å². The van der Waals surface area contributed by atoms with Crippen molar-refractivity contribution in [2.75, 3.05) is 38.9 Å². The lowest BCUT2D eigenvalue weighted by Gasteiger charge is -2.18. The molecule has 0 aliphatic heterocycles. The molecule has 4 aromatic carbocycles. The van der Waals surface area contributed by atoms with Gasteiger partial charge in [0, 0.05) is 23.8 Å². The van der Waals surface area contributed by atoms with E-state index in [0.717, 1.165) is 44.8 Å². The lowest BCUT2D eigenvalue weighted by molar-refractivity contribution is -0.276. The summed E-state index contributed by atoms with van der Waals surface area (Å²) in [5, 5.41) is 13.3. The SMILES string of the molecule is COC(=O)c1cc(NC(=O)c2c(F)cc(C(F)(F)F)cc2F)ccn1.[2H]C([2H])([2H])Oc1c(O)ccc(OC(F)(F)F)c1F.[2H]C([2H])([2H])Oc1c(Oc2cc(C(F)(F)F)cc(F)c2C(=O)Nc2ccnc(C(=O)OC)c2)ccc(OC(F)(F)F)c1F. The van der Waals surface area contributed by atoms with Crippen LogP contribution >= 0.6 is 0 Å². The fourth-order valence-electron chi connectivity index (χ4n) is 5.68. The number of nitrogens with zero attached hydrogens (tertiary/aromatic N) is 2. The largest absolute Gasteiger partial charge is 0.573 e. The molecule has 0 saturated heterocycles. The molecular weight excluding hydrogens is 1120 g/mol. The first-order chi connectivity index (χ1) is 38.9. The third kappa shape index (κ3) is 16.8. The zero-order valence-electron chi connectivity index (χ0n) is 44.3. The highest BCUT2D eigenvalue weighted by molar-refractivity contribution is 6.07. The van der Waals surface area contributed by atoms with Crippen molar-refractivity contribution in [3.63, 3.8) is 0 Å². The summed E-state index contributed by atoms with van der Waals surface area (Å²) >= 11 is 0. The molecule has 0 fully saturated rings. The predicted molar refractivity (Wildman–Crippen MR) is 231 cm³/mol. The van der Waals surface area contributed by atoms with Crippen LogP contribution in [0.15, 0.2) is 85.2 Å². The first-order valence-corrected chi connectivity index (χ1v) is 20.0. The first kappa shape index (κ1) is 53.1. The maximum absolute atomic E-state index is 15.0. The summed E-state index contributed by atoms with van der Waals surface area (Å²) in [5.41, 5.74) is -6.53. The van der Waals surface area contributed by atoms with E-state index in [1.807, 2.05) is 0 Å². The molecule has 2 amide bonds. The Balaban J connectivity index is 0.000000304. The number of hydrogen-bond acceptors (Lipinski definition) is 14. The van der Waals surface area contributed by atoms with Gasteiger partial charge < -0.3 is 48.9 Å². The Bertz CT molecular complexity index is 3440. The molecule has 0 aliphatic rings. The quantitative estimate of drug-likeness (QED) is 0.0771. The van der Waals surface area contributed by atoms with E-state index >= 15 is 0 Å². The lowest BCUT2D eigenvalue weighted by atomic mass is 10.1. The number of rotatable bonds is 12. The van der Waals surface area contributed by atoms with Gasteiger partial charge in [-0.3, -0.25) is 9.59 Å². The molecule has 0 aliphatic carbocycles. The number of amides is 2. The van der Waals surface area contributed by atoms with Crippen molar-refractivity contribution in [1.29, 1.82) is 0 Å². The Morgan fingerprint density at radius 1 is 0.519 bits per heavy atom. The van der Waals surface area contributed by atoms with Gasteiger partial charge in [0.15, 0.2) is 28.7 Å². The number of aromatic nitrogens is 2. The number of phenols is 1. The van der Waals surface area contributed by atoms with E-state index < -0.39 is 154 Å². The number of anilines is 2. The summed E-state index contributed by atoms with van der Waals surface area (Å²) in [6.07, 6.45) is -18.7. The summed E-state index contributed by atoms with van der Waals surface area (Å²) in [4.78, 5) is 55.3. The van der Waals surface area contributed by atoms with Gasteiger partial charge in [-0.1, -0.05) is 0 Å². The van der Waals surface area contributed by atoms with E-state index in [-0.39, 0.29) is 53.1 Å². The number of alkyl halides is 12. The minimum atomic E-state index is -5.46. The Labute approximate surface area is 437 Å². The topological polar surface area (TPSA) is 203 Å². The molecule has 0 saturated carbocycles. The average Bonchev–Trinajstić information content (AvgIpc) is 2.93. The van der Waals surface area contributed by atoms with Gasteiger partial charge in [0.2, 0.25) is 17.4 Å². The van der Waals surface area contributed by atoms with Crippen LogP contribution in [0.4, 0.5) is 86.0 Å². The van der Waals surface area contributed by atoms with Crippen LogP contribution in [0.1, 0.15) is 61.0 Å². The molecular formula is C46H29F17N4O12. The molecule has 6 rings (SSSR count). The highest BCUT2D eigenvalue weighted by Gasteiger charge is 2.38. The normalized spacial score (nSPS) is 12.8. The molecule has 3 N–H and O–H groups in total. The Morgan fingerprint density at radius 2 is 0.911 bits per heavy atom. The summed E-state index contributed by atoms with van der Waals surface area (Å²) < 4.78 is 293. The third-order valence-corrected chi connectivity index (χ3v) is 8.97. The molecule has 79 heavy (non-hydrogen) atoms. The van der Waals surface area contributed by atoms with Crippen molar-refractivity contribution < 1.29 is 140 Å². The lowest BCUT2D eigenvalue weighted by Crippen LogP contribution is -2.18. The summed E-state index contributed by atoms with van der Waals surface area (Å²) in [5.74, 6) is -22.8. The van der Waals surface area contributed by atoms with Gasteiger partial charge in [0.05, 0.1) is 47.6 Å². The van der Waals surface area contributed by atoms with E-state index in [2.05, 4.69) is 49.0 Å². The highest BCUT2D eigenvalue weighted by atomic mass is 19.4. The third-order valence-electron chi connectivity index (χ3n) is 8.97. The zero-order chi connectivity index (χ0) is 64.5. The molecule has 2 aromatic heterocycles. The number of esters is 2. The molecule has 0 radical (unpaired) electrons. The van der Waals surface area contributed by atoms with Crippen molar-refractivity contribution in [3.05, 3.63) is 148 Å². The Morgan fingerprint density at radius 3 is 1.34 bits per heavy atom. The number of ether oxygens (including phenoxy) is 7. The van der Waals surface area contributed by atoms with Crippen LogP contribution in [0, 0.1) is 29.1 Å². The fourth-order valence-corrected chi connectivity index (χ4v) is 5.68. The summed E-state index contributed by atoms with van der Waals surface area (Å²) in [7, 11) is -4.56. The molecule has 33 heteroatoms. The predicted octanol–water partition coefficient (Wildman–Crippen LogP) is 12.0. The van der Waals surface area contributed by atoms with Gasteiger partial charge in [0.1, 0.15) is 45.7 Å². The second-order valence-electron chi connectivity index (χ2n) is 14.2. The molecule has 2 heterocycles. The molecule has 0 unspecified atom stereocenters. The van der Waals surface area contributed by atoms with E-state index in [1.54, 1.807) is 0 Å². The molecule has 16 nitrogen and oxygen atoms in total. The van der Waals surface area contributed by atoms with Gasteiger partial charge in [-0.05, 0) is 72.8 Å².